The Bertz CT molecular complexity index is 336. The fourth-order valence-electron chi connectivity index (χ4n) is 3.52. The molecule has 0 N–H and O–H groups in total. The van der Waals surface area contributed by atoms with Crippen molar-refractivity contribution in [3.05, 3.63) is 0 Å². The lowest BCUT2D eigenvalue weighted by molar-refractivity contribution is -0.159. The minimum atomic E-state index is -0.134. The SMILES string of the molecule is O=C1C2CCCCN2C(=O)CN1C1CCCC1. The third kappa shape index (κ3) is 1.83. The van der Waals surface area contributed by atoms with Crippen LogP contribution >= 0.6 is 0 Å². The standard InChI is InChI=1S/C13H20N2O2/c16-12-9-15(10-5-1-2-6-10)13(17)11-7-3-4-8-14(11)12/h10-11H,1-9H2. The third-order valence-corrected chi connectivity index (χ3v) is 4.46. The highest BCUT2D eigenvalue weighted by Gasteiger charge is 2.42. The minimum absolute atomic E-state index is 0.134. The summed E-state index contributed by atoms with van der Waals surface area (Å²) in [6.45, 7) is 1.12. The van der Waals surface area contributed by atoms with E-state index in [4.69, 9.17) is 0 Å². The van der Waals surface area contributed by atoms with Gasteiger partial charge in [0.15, 0.2) is 0 Å². The van der Waals surface area contributed by atoms with Crippen molar-refractivity contribution in [2.45, 2.75) is 57.0 Å². The lowest BCUT2D eigenvalue weighted by atomic mass is 9.97. The van der Waals surface area contributed by atoms with Crippen LogP contribution in [-0.4, -0.2) is 46.8 Å². The molecule has 1 saturated carbocycles. The Kier molecular flexibility index (Phi) is 2.81. The van der Waals surface area contributed by atoms with Gasteiger partial charge in [-0.25, -0.2) is 0 Å². The molecule has 17 heavy (non-hydrogen) atoms. The smallest absolute Gasteiger partial charge is 0.246 e. The van der Waals surface area contributed by atoms with Crippen LogP contribution in [0.25, 0.3) is 0 Å². The Morgan fingerprint density at radius 2 is 1.59 bits per heavy atom. The Hall–Kier alpha value is -1.06. The van der Waals surface area contributed by atoms with E-state index < -0.39 is 0 Å². The quantitative estimate of drug-likeness (QED) is 0.685. The highest BCUT2D eigenvalue weighted by atomic mass is 16.2. The second-order valence-electron chi connectivity index (χ2n) is 5.50. The van der Waals surface area contributed by atoms with Crippen LogP contribution in [0.15, 0.2) is 0 Å². The lowest BCUT2D eigenvalue weighted by Gasteiger charge is -2.44. The number of piperidine rings is 1. The fraction of sp³-hybridized carbons (Fsp3) is 0.846. The molecule has 2 aliphatic heterocycles. The van der Waals surface area contributed by atoms with Crippen molar-refractivity contribution >= 4 is 11.8 Å². The van der Waals surface area contributed by atoms with Gasteiger partial charge in [0.25, 0.3) is 0 Å². The van der Waals surface area contributed by atoms with Crippen molar-refractivity contribution in [3.8, 4) is 0 Å². The van der Waals surface area contributed by atoms with E-state index >= 15 is 0 Å². The molecule has 2 amide bonds. The molecular weight excluding hydrogens is 216 g/mol. The maximum atomic E-state index is 12.4. The van der Waals surface area contributed by atoms with Gasteiger partial charge in [-0.1, -0.05) is 12.8 Å². The number of fused-ring (bicyclic) bond motifs is 1. The van der Waals surface area contributed by atoms with Gasteiger partial charge in [0, 0.05) is 12.6 Å². The minimum Gasteiger partial charge on any atom is -0.329 e. The summed E-state index contributed by atoms with van der Waals surface area (Å²) in [6, 6.07) is 0.209. The molecule has 3 fully saturated rings. The molecule has 1 unspecified atom stereocenters. The number of carbonyl (C=O) groups excluding carboxylic acids is 2. The maximum absolute atomic E-state index is 12.4. The van der Waals surface area contributed by atoms with Crippen LogP contribution in [0.5, 0.6) is 0 Å². The molecule has 0 aromatic heterocycles. The van der Waals surface area contributed by atoms with E-state index in [1.165, 1.54) is 12.8 Å². The molecule has 3 aliphatic rings. The molecule has 0 aromatic carbocycles. The van der Waals surface area contributed by atoms with E-state index in [-0.39, 0.29) is 17.9 Å². The van der Waals surface area contributed by atoms with E-state index in [9.17, 15) is 9.59 Å². The zero-order chi connectivity index (χ0) is 11.8. The summed E-state index contributed by atoms with van der Waals surface area (Å²) in [5.41, 5.74) is 0. The van der Waals surface area contributed by atoms with Crippen molar-refractivity contribution in [3.63, 3.8) is 0 Å². The summed E-state index contributed by atoms with van der Waals surface area (Å²) in [6.07, 6.45) is 7.59. The number of hydrogen-bond acceptors (Lipinski definition) is 2. The first-order chi connectivity index (χ1) is 8.27. The summed E-state index contributed by atoms with van der Waals surface area (Å²) in [4.78, 5) is 28.2. The Morgan fingerprint density at radius 3 is 2.35 bits per heavy atom. The zero-order valence-electron chi connectivity index (χ0n) is 10.2. The Balaban J connectivity index is 1.78. The maximum Gasteiger partial charge on any atom is 0.246 e. The summed E-state index contributed by atoms with van der Waals surface area (Å²) < 4.78 is 0. The first kappa shape index (κ1) is 11.1. The van der Waals surface area contributed by atoms with Crippen molar-refractivity contribution in [2.75, 3.05) is 13.1 Å². The van der Waals surface area contributed by atoms with Crippen LogP contribution in [-0.2, 0) is 9.59 Å². The van der Waals surface area contributed by atoms with Gasteiger partial charge in [-0.05, 0) is 32.1 Å². The van der Waals surface area contributed by atoms with Crippen molar-refractivity contribution in [1.82, 2.24) is 9.80 Å². The molecule has 94 valence electrons. The molecule has 0 spiro atoms. The molecule has 3 rings (SSSR count). The zero-order valence-corrected chi connectivity index (χ0v) is 10.2. The van der Waals surface area contributed by atoms with Gasteiger partial charge in [-0.15, -0.1) is 0 Å². The van der Waals surface area contributed by atoms with Gasteiger partial charge in [0.05, 0.1) is 0 Å². The monoisotopic (exact) mass is 236 g/mol. The summed E-state index contributed by atoms with van der Waals surface area (Å²) in [5.74, 6) is 0.386. The van der Waals surface area contributed by atoms with Crippen molar-refractivity contribution in [1.29, 1.82) is 0 Å². The molecule has 0 radical (unpaired) electrons. The number of rotatable bonds is 1. The molecule has 4 nitrogen and oxygen atoms in total. The van der Waals surface area contributed by atoms with E-state index in [2.05, 4.69) is 0 Å². The van der Waals surface area contributed by atoms with Crippen LogP contribution in [0.4, 0.5) is 0 Å². The van der Waals surface area contributed by atoms with E-state index in [1.54, 1.807) is 0 Å². The molecule has 2 heterocycles. The average Bonchev–Trinajstić information content (AvgIpc) is 2.87. The molecule has 1 atom stereocenters. The van der Waals surface area contributed by atoms with Crippen molar-refractivity contribution in [2.24, 2.45) is 0 Å². The lowest BCUT2D eigenvalue weighted by Crippen LogP contribution is -2.62. The molecular formula is C13H20N2O2. The molecule has 4 heteroatoms. The molecule has 2 saturated heterocycles. The number of carbonyl (C=O) groups is 2. The van der Waals surface area contributed by atoms with Crippen LogP contribution in [0.1, 0.15) is 44.9 Å². The van der Waals surface area contributed by atoms with Gasteiger partial charge in [-0.3, -0.25) is 9.59 Å². The third-order valence-electron chi connectivity index (χ3n) is 4.46. The topological polar surface area (TPSA) is 40.6 Å². The van der Waals surface area contributed by atoms with E-state index in [0.717, 1.165) is 38.6 Å². The predicted octanol–water partition coefficient (Wildman–Crippen LogP) is 1.15. The fourth-order valence-corrected chi connectivity index (χ4v) is 3.52. The highest BCUT2D eigenvalue weighted by Crippen LogP contribution is 2.29. The van der Waals surface area contributed by atoms with Crippen LogP contribution < -0.4 is 0 Å². The number of amides is 2. The molecule has 1 aliphatic carbocycles. The van der Waals surface area contributed by atoms with Gasteiger partial charge < -0.3 is 9.80 Å². The normalized spacial score (nSPS) is 30.9. The summed E-state index contributed by atoms with van der Waals surface area (Å²) in [7, 11) is 0. The molecule has 0 aromatic rings. The van der Waals surface area contributed by atoms with Crippen LogP contribution in [0, 0.1) is 0 Å². The van der Waals surface area contributed by atoms with E-state index in [1.807, 2.05) is 9.80 Å². The van der Waals surface area contributed by atoms with Gasteiger partial charge in [0.2, 0.25) is 11.8 Å². The Morgan fingerprint density at radius 1 is 0.882 bits per heavy atom. The van der Waals surface area contributed by atoms with Crippen LogP contribution in [0.2, 0.25) is 0 Å². The van der Waals surface area contributed by atoms with Crippen molar-refractivity contribution < 1.29 is 9.59 Å². The number of nitrogens with zero attached hydrogens (tertiary/aromatic N) is 2. The highest BCUT2D eigenvalue weighted by molar-refractivity contribution is 5.95. The number of hydrogen-bond donors (Lipinski definition) is 0. The number of piperazine rings is 1. The second-order valence-corrected chi connectivity index (χ2v) is 5.50. The van der Waals surface area contributed by atoms with Gasteiger partial charge in [0.1, 0.15) is 12.6 Å². The predicted molar refractivity (Wildman–Crippen MR) is 63.3 cm³/mol. The van der Waals surface area contributed by atoms with Gasteiger partial charge in [-0.2, -0.15) is 0 Å². The van der Waals surface area contributed by atoms with E-state index in [0.29, 0.717) is 12.6 Å². The van der Waals surface area contributed by atoms with Crippen LogP contribution in [0.3, 0.4) is 0 Å². The molecule has 0 bridgehead atoms. The van der Waals surface area contributed by atoms with Gasteiger partial charge >= 0.3 is 0 Å². The summed E-state index contributed by atoms with van der Waals surface area (Å²) in [5, 5.41) is 0. The summed E-state index contributed by atoms with van der Waals surface area (Å²) >= 11 is 0. The Labute approximate surface area is 102 Å². The average molecular weight is 236 g/mol. The first-order valence-electron chi connectivity index (χ1n) is 6.87. The second kappa shape index (κ2) is 4.31. The first-order valence-corrected chi connectivity index (χ1v) is 6.87. The largest absolute Gasteiger partial charge is 0.329 e.